The first-order valence-corrected chi connectivity index (χ1v) is 7.49. The van der Waals surface area contributed by atoms with Crippen LogP contribution in [0.4, 0.5) is 4.39 Å². The van der Waals surface area contributed by atoms with E-state index in [1.807, 2.05) is 31.2 Å². The lowest BCUT2D eigenvalue weighted by atomic mass is 10.1. The van der Waals surface area contributed by atoms with E-state index in [1.165, 1.54) is 4.88 Å². The quantitative estimate of drug-likeness (QED) is 0.840. The van der Waals surface area contributed by atoms with Gasteiger partial charge in [0.15, 0.2) is 0 Å². The second-order valence-electron chi connectivity index (χ2n) is 4.64. The molecule has 102 valence electrons. The third kappa shape index (κ3) is 4.03. The fourth-order valence-corrected chi connectivity index (χ4v) is 2.98. The highest BCUT2D eigenvalue weighted by molar-refractivity contribution is 7.16. The van der Waals surface area contributed by atoms with E-state index < -0.39 is 0 Å². The van der Waals surface area contributed by atoms with Gasteiger partial charge in [-0.3, -0.25) is 0 Å². The largest absolute Gasteiger partial charge is 0.310 e. The van der Waals surface area contributed by atoms with Gasteiger partial charge in [0.05, 0.1) is 4.34 Å². The second-order valence-corrected chi connectivity index (χ2v) is 6.44. The Morgan fingerprint density at radius 3 is 2.74 bits per heavy atom. The van der Waals surface area contributed by atoms with Gasteiger partial charge in [0.2, 0.25) is 0 Å². The second kappa shape index (κ2) is 6.51. The van der Waals surface area contributed by atoms with Crippen molar-refractivity contribution < 1.29 is 4.39 Å². The molecule has 0 aliphatic carbocycles. The standard InChI is InChI=1S/C15H17ClFNS/c1-10-3-4-12(9-14(10)17)11(2)18-8-7-13-5-6-15(16)19-13/h3-6,9,11,18H,7-8H2,1-2H3. The number of aryl methyl sites for hydroxylation is 1. The summed E-state index contributed by atoms with van der Waals surface area (Å²) < 4.78 is 14.3. The van der Waals surface area contributed by atoms with Crippen LogP contribution in [0.1, 0.15) is 29.0 Å². The Balaban J connectivity index is 1.86. The zero-order valence-electron chi connectivity index (χ0n) is 11.0. The number of rotatable bonds is 5. The minimum atomic E-state index is -0.142. The zero-order valence-corrected chi connectivity index (χ0v) is 12.6. The van der Waals surface area contributed by atoms with Crippen molar-refractivity contribution in [2.75, 3.05) is 6.54 Å². The van der Waals surface area contributed by atoms with Crippen molar-refractivity contribution in [2.24, 2.45) is 0 Å². The first kappa shape index (κ1) is 14.5. The van der Waals surface area contributed by atoms with Crippen molar-refractivity contribution in [1.82, 2.24) is 5.32 Å². The van der Waals surface area contributed by atoms with Gasteiger partial charge >= 0.3 is 0 Å². The molecule has 1 nitrogen and oxygen atoms in total. The Hall–Kier alpha value is -0.900. The summed E-state index contributed by atoms with van der Waals surface area (Å²) in [4.78, 5) is 1.26. The lowest BCUT2D eigenvalue weighted by Crippen LogP contribution is -2.21. The van der Waals surface area contributed by atoms with Gasteiger partial charge in [-0.25, -0.2) is 4.39 Å². The summed E-state index contributed by atoms with van der Waals surface area (Å²) in [5.74, 6) is -0.142. The summed E-state index contributed by atoms with van der Waals surface area (Å²) in [6.07, 6.45) is 0.941. The van der Waals surface area contributed by atoms with E-state index in [-0.39, 0.29) is 11.9 Å². The fourth-order valence-electron chi connectivity index (χ4n) is 1.89. The van der Waals surface area contributed by atoms with E-state index in [2.05, 4.69) is 5.32 Å². The van der Waals surface area contributed by atoms with Gasteiger partial charge in [-0.15, -0.1) is 11.3 Å². The molecule has 0 amide bonds. The molecular weight excluding hydrogens is 281 g/mol. The molecule has 4 heteroatoms. The van der Waals surface area contributed by atoms with Crippen LogP contribution in [0.2, 0.25) is 4.34 Å². The van der Waals surface area contributed by atoms with Crippen molar-refractivity contribution in [3.8, 4) is 0 Å². The minimum Gasteiger partial charge on any atom is -0.310 e. The van der Waals surface area contributed by atoms with Crippen LogP contribution in [0.15, 0.2) is 30.3 Å². The predicted molar refractivity (Wildman–Crippen MR) is 80.6 cm³/mol. The molecule has 1 atom stereocenters. The van der Waals surface area contributed by atoms with Crippen LogP contribution >= 0.6 is 22.9 Å². The van der Waals surface area contributed by atoms with Crippen LogP contribution in [-0.4, -0.2) is 6.54 Å². The van der Waals surface area contributed by atoms with Crippen LogP contribution in [0.3, 0.4) is 0 Å². The maximum atomic E-state index is 13.5. The molecule has 2 aromatic rings. The maximum absolute atomic E-state index is 13.5. The van der Waals surface area contributed by atoms with Crippen LogP contribution in [-0.2, 0) is 6.42 Å². The Morgan fingerprint density at radius 2 is 2.11 bits per heavy atom. The number of halogens is 2. The molecule has 1 N–H and O–H groups in total. The Labute approximate surface area is 122 Å². The van der Waals surface area contributed by atoms with Crippen LogP contribution in [0, 0.1) is 12.7 Å². The van der Waals surface area contributed by atoms with Crippen molar-refractivity contribution in [1.29, 1.82) is 0 Å². The molecule has 0 radical (unpaired) electrons. The monoisotopic (exact) mass is 297 g/mol. The first-order chi connectivity index (χ1) is 9.06. The number of hydrogen-bond donors (Lipinski definition) is 1. The van der Waals surface area contributed by atoms with E-state index in [4.69, 9.17) is 11.6 Å². The molecule has 0 saturated heterocycles. The normalized spacial score (nSPS) is 12.6. The van der Waals surface area contributed by atoms with E-state index in [1.54, 1.807) is 24.3 Å². The minimum absolute atomic E-state index is 0.142. The van der Waals surface area contributed by atoms with Gasteiger partial charge in [-0.2, -0.15) is 0 Å². The van der Waals surface area contributed by atoms with Gasteiger partial charge in [0.1, 0.15) is 5.82 Å². The van der Waals surface area contributed by atoms with Crippen LogP contribution in [0.5, 0.6) is 0 Å². The highest BCUT2D eigenvalue weighted by Gasteiger charge is 2.07. The molecule has 0 bridgehead atoms. The molecule has 1 aromatic heterocycles. The number of nitrogens with one attached hydrogen (secondary N) is 1. The lowest BCUT2D eigenvalue weighted by Gasteiger charge is -2.14. The van der Waals surface area contributed by atoms with Gasteiger partial charge in [-0.05, 0) is 49.6 Å². The van der Waals surface area contributed by atoms with Crippen molar-refractivity contribution in [3.05, 3.63) is 56.5 Å². The molecule has 1 heterocycles. The highest BCUT2D eigenvalue weighted by Crippen LogP contribution is 2.22. The highest BCUT2D eigenvalue weighted by atomic mass is 35.5. The molecule has 0 spiro atoms. The Kier molecular flexibility index (Phi) is 4.97. The molecular formula is C15H17ClFNS. The summed E-state index contributed by atoms with van der Waals surface area (Å²) in [5.41, 5.74) is 1.66. The van der Waals surface area contributed by atoms with Crippen LogP contribution in [0.25, 0.3) is 0 Å². The average molecular weight is 298 g/mol. The predicted octanol–water partition coefficient (Wildman–Crippen LogP) is 4.74. The van der Waals surface area contributed by atoms with Crippen molar-refractivity contribution in [3.63, 3.8) is 0 Å². The molecule has 0 saturated carbocycles. The van der Waals surface area contributed by atoms with Gasteiger partial charge in [0.25, 0.3) is 0 Å². The van der Waals surface area contributed by atoms with E-state index in [0.29, 0.717) is 5.56 Å². The molecule has 19 heavy (non-hydrogen) atoms. The van der Waals surface area contributed by atoms with E-state index in [0.717, 1.165) is 22.9 Å². The number of hydrogen-bond acceptors (Lipinski definition) is 2. The molecule has 2 rings (SSSR count). The third-order valence-corrected chi connectivity index (χ3v) is 4.44. The molecule has 0 fully saturated rings. The smallest absolute Gasteiger partial charge is 0.126 e. The van der Waals surface area contributed by atoms with E-state index >= 15 is 0 Å². The molecule has 1 aromatic carbocycles. The summed E-state index contributed by atoms with van der Waals surface area (Å²) in [6.45, 7) is 4.68. The SMILES string of the molecule is Cc1ccc(C(C)NCCc2ccc(Cl)s2)cc1F. The summed E-state index contributed by atoms with van der Waals surface area (Å²) >= 11 is 7.49. The molecule has 0 aliphatic heterocycles. The lowest BCUT2D eigenvalue weighted by molar-refractivity contribution is 0.566. The van der Waals surface area contributed by atoms with Crippen molar-refractivity contribution >= 4 is 22.9 Å². The fraction of sp³-hybridized carbons (Fsp3) is 0.333. The third-order valence-electron chi connectivity index (χ3n) is 3.15. The molecule has 1 unspecified atom stereocenters. The first-order valence-electron chi connectivity index (χ1n) is 6.30. The topological polar surface area (TPSA) is 12.0 Å². The average Bonchev–Trinajstić information content (AvgIpc) is 2.78. The van der Waals surface area contributed by atoms with E-state index in [9.17, 15) is 4.39 Å². The number of thiophene rings is 1. The van der Waals surface area contributed by atoms with Gasteiger partial charge < -0.3 is 5.32 Å². The Morgan fingerprint density at radius 1 is 1.32 bits per heavy atom. The van der Waals surface area contributed by atoms with Gasteiger partial charge in [-0.1, -0.05) is 23.7 Å². The Bertz CT molecular complexity index is 553. The summed E-state index contributed by atoms with van der Waals surface area (Å²) in [5, 5.41) is 3.40. The van der Waals surface area contributed by atoms with Crippen LogP contribution < -0.4 is 5.32 Å². The molecule has 0 aliphatic rings. The number of benzene rings is 1. The van der Waals surface area contributed by atoms with Gasteiger partial charge in [0, 0.05) is 17.5 Å². The maximum Gasteiger partial charge on any atom is 0.126 e. The summed E-state index contributed by atoms with van der Waals surface area (Å²) in [7, 11) is 0. The zero-order chi connectivity index (χ0) is 13.8. The summed E-state index contributed by atoms with van der Waals surface area (Å²) in [6, 6.07) is 9.51. The van der Waals surface area contributed by atoms with Crippen molar-refractivity contribution in [2.45, 2.75) is 26.3 Å².